The predicted octanol–water partition coefficient (Wildman–Crippen LogP) is 1.27. The maximum absolute atomic E-state index is 12.6. The van der Waals surface area contributed by atoms with Crippen LogP contribution >= 0.6 is 0 Å². The summed E-state index contributed by atoms with van der Waals surface area (Å²) in [6.45, 7) is 2.41. The van der Waals surface area contributed by atoms with Gasteiger partial charge in [0, 0.05) is 25.2 Å². The average Bonchev–Trinajstić information content (AvgIpc) is 3.00. The van der Waals surface area contributed by atoms with Crippen LogP contribution in [0.25, 0.3) is 0 Å². The Kier molecular flexibility index (Phi) is 4.34. The Morgan fingerprint density at radius 1 is 1.35 bits per heavy atom. The van der Waals surface area contributed by atoms with Gasteiger partial charge in [-0.25, -0.2) is 0 Å². The summed E-state index contributed by atoms with van der Waals surface area (Å²) < 4.78 is 1.35. The molecule has 1 aromatic heterocycles. The molecule has 2 aliphatic rings. The van der Waals surface area contributed by atoms with Crippen LogP contribution in [-0.2, 0) is 11.3 Å². The first-order chi connectivity index (χ1) is 11.0. The zero-order valence-electron chi connectivity index (χ0n) is 13.5. The van der Waals surface area contributed by atoms with Crippen molar-refractivity contribution in [3.8, 4) is 0 Å². The van der Waals surface area contributed by atoms with Crippen LogP contribution in [0.1, 0.15) is 32.1 Å². The second kappa shape index (κ2) is 6.27. The number of piperazine rings is 1. The van der Waals surface area contributed by atoms with E-state index in [4.69, 9.17) is 0 Å². The van der Waals surface area contributed by atoms with Gasteiger partial charge < -0.3 is 4.90 Å². The Hall–Kier alpha value is -1.96. The molecular formula is C15H23N5O3. The molecule has 1 saturated heterocycles. The molecule has 2 fully saturated rings. The molecule has 0 unspecified atom stereocenters. The first-order valence-electron chi connectivity index (χ1n) is 8.16. The van der Waals surface area contributed by atoms with Crippen LogP contribution in [0.4, 0.5) is 5.69 Å². The summed E-state index contributed by atoms with van der Waals surface area (Å²) in [6, 6.07) is 0. The van der Waals surface area contributed by atoms with Gasteiger partial charge in [0.25, 0.3) is 0 Å². The summed E-state index contributed by atoms with van der Waals surface area (Å²) in [5.74, 6) is -0.0129. The molecule has 8 heteroatoms. The number of carbonyl (C=O) groups is 1. The molecule has 0 radical (unpaired) electrons. The fraction of sp³-hybridized carbons (Fsp3) is 0.733. The highest BCUT2D eigenvalue weighted by Gasteiger charge is 2.41. The maximum Gasteiger partial charge on any atom is 0.307 e. The first-order valence-corrected chi connectivity index (χ1v) is 8.16. The van der Waals surface area contributed by atoms with Gasteiger partial charge in [-0.1, -0.05) is 19.3 Å². The second-order valence-corrected chi connectivity index (χ2v) is 6.68. The molecule has 0 N–H and O–H groups in total. The maximum atomic E-state index is 12.6. The lowest BCUT2D eigenvalue weighted by atomic mass is 9.79. The highest BCUT2D eigenvalue weighted by atomic mass is 16.6. The van der Waals surface area contributed by atoms with E-state index in [1.54, 1.807) is 0 Å². The quantitative estimate of drug-likeness (QED) is 0.618. The van der Waals surface area contributed by atoms with Crippen LogP contribution in [0, 0.1) is 10.1 Å². The number of aromatic nitrogens is 2. The minimum Gasteiger partial charge on any atom is -0.338 e. The van der Waals surface area contributed by atoms with Crippen LogP contribution in [0.15, 0.2) is 12.4 Å². The largest absolute Gasteiger partial charge is 0.338 e. The molecule has 1 saturated carbocycles. The number of nitrogens with zero attached hydrogens (tertiary/aromatic N) is 5. The predicted molar refractivity (Wildman–Crippen MR) is 83.9 cm³/mol. The third-order valence-electron chi connectivity index (χ3n) is 5.26. The van der Waals surface area contributed by atoms with Crippen molar-refractivity contribution in [1.82, 2.24) is 19.6 Å². The van der Waals surface area contributed by atoms with Crippen molar-refractivity contribution < 1.29 is 9.72 Å². The fourth-order valence-electron chi connectivity index (χ4n) is 3.80. The van der Waals surface area contributed by atoms with Gasteiger partial charge in [0.1, 0.15) is 18.9 Å². The number of amides is 1. The zero-order chi connectivity index (χ0) is 16.4. The Labute approximate surface area is 135 Å². The molecule has 0 bridgehead atoms. The van der Waals surface area contributed by atoms with Crippen molar-refractivity contribution in [3.63, 3.8) is 0 Å². The Morgan fingerprint density at radius 2 is 2.09 bits per heavy atom. The van der Waals surface area contributed by atoms with Crippen molar-refractivity contribution >= 4 is 11.6 Å². The van der Waals surface area contributed by atoms with Crippen molar-refractivity contribution in [1.29, 1.82) is 0 Å². The normalized spacial score (nSPS) is 21.5. The van der Waals surface area contributed by atoms with Crippen LogP contribution in [0.2, 0.25) is 0 Å². The van der Waals surface area contributed by atoms with E-state index >= 15 is 0 Å². The molecule has 2 heterocycles. The highest BCUT2D eigenvalue weighted by Crippen LogP contribution is 2.35. The van der Waals surface area contributed by atoms with Crippen molar-refractivity contribution in [2.75, 3.05) is 26.7 Å². The van der Waals surface area contributed by atoms with E-state index in [2.05, 4.69) is 17.0 Å². The Morgan fingerprint density at radius 3 is 2.74 bits per heavy atom. The Bertz CT molecular complexity index is 594. The van der Waals surface area contributed by atoms with Gasteiger partial charge in [-0.3, -0.25) is 24.5 Å². The molecule has 1 amide bonds. The van der Waals surface area contributed by atoms with Gasteiger partial charge in [0.05, 0.1) is 4.92 Å². The molecule has 1 aliphatic heterocycles. The molecule has 8 nitrogen and oxygen atoms in total. The van der Waals surface area contributed by atoms with Gasteiger partial charge in [-0.05, 0) is 19.9 Å². The molecule has 1 aliphatic carbocycles. The molecule has 1 aromatic rings. The van der Waals surface area contributed by atoms with Gasteiger partial charge in [-0.15, -0.1) is 0 Å². The first kappa shape index (κ1) is 15.9. The monoisotopic (exact) mass is 321 g/mol. The van der Waals surface area contributed by atoms with E-state index in [1.807, 2.05) is 4.90 Å². The van der Waals surface area contributed by atoms with Gasteiger partial charge in [0.15, 0.2) is 0 Å². The van der Waals surface area contributed by atoms with Crippen molar-refractivity contribution in [3.05, 3.63) is 22.5 Å². The van der Waals surface area contributed by atoms with Crippen LogP contribution < -0.4 is 0 Å². The lowest BCUT2D eigenvalue weighted by Crippen LogP contribution is -2.62. The molecular weight excluding hydrogens is 298 g/mol. The van der Waals surface area contributed by atoms with E-state index in [0.29, 0.717) is 6.54 Å². The number of hydrogen-bond donors (Lipinski definition) is 0. The SMILES string of the molecule is CN1CCN(C(=O)Cn2cc([N+](=O)[O-])cn2)CC12CCCCC2. The molecule has 1 spiro atoms. The van der Waals surface area contributed by atoms with Crippen LogP contribution in [-0.4, -0.2) is 62.6 Å². The van der Waals surface area contributed by atoms with Crippen molar-refractivity contribution in [2.45, 2.75) is 44.2 Å². The zero-order valence-corrected chi connectivity index (χ0v) is 13.5. The fourth-order valence-corrected chi connectivity index (χ4v) is 3.80. The van der Waals surface area contributed by atoms with E-state index in [0.717, 1.165) is 25.9 Å². The number of likely N-dealkylation sites (N-methyl/N-ethyl adjacent to an activating group) is 1. The third-order valence-corrected chi connectivity index (χ3v) is 5.26. The molecule has 23 heavy (non-hydrogen) atoms. The summed E-state index contributed by atoms with van der Waals surface area (Å²) in [6.07, 6.45) is 8.49. The number of hydrogen-bond acceptors (Lipinski definition) is 5. The van der Waals surface area contributed by atoms with E-state index < -0.39 is 4.92 Å². The smallest absolute Gasteiger partial charge is 0.307 e. The van der Waals surface area contributed by atoms with Crippen LogP contribution in [0.3, 0.4) is 0 Å². The summed E-state index contributed by atoms with van der Waals surface area (Å²) in [4.78, 5) is 27.1. The summed E-state index contributed by atoms with van der Waals surface area (Å²) >= 11 is 0. The molecule has 0 aromatic carbocycles. The number of carbonyl (C=O) groups excluding carboxylic acids is 1. The number of rotatable bonds is 3. The second-order valence-electron chi connectivity index (χ2n) is 6.68. The van der Waals surface area contributed by atoms with Crippen molar-refractivity contribution in [2.24, 2.45) is 0 Å². The van der Waals surface area contributed by atoms with Gasteiger partial charge in [0.2, 0.25) is 5.91 Å². The standard InChI is InChI=1S/C15H23N5O3/c1-17-7-8-18(12-15(17)5-3-2-4-6-15)14(21)11-19-10-13(9-16-19)20(22)23/h9-10H,2-8,11-12H2,1H3. The van der Waals surface area contributed by atoms with Gasteiger partial charge >= 0.3 is 5.69 Å². The lowest BCUT2D eigenvalue weighted by Gasteiger charge is -2.51. The summed E-state index contributed by atoms with van der Waals surface area (Å²) in [5.41, 5.74) is 0.0300. The molecule has 0 atom stereocenters. The van der Waals surface area contributed by atoms with Crippen LogP contribution in [0.5, 0.6) is 0 Å². The van der Waals surface area contributed by atoms with E-state index in [1.165, 1.54) is 36.3 Å². The number of nitro groups is 1. The van der Waals surface area contributed by atoms with E-state index in [9.17, 15) is 14.9 Å². The average molecular weight is 321 g/mol. The van der Waals surface area contributed by atoms with Gasteiger partial charge in [-0.2, -0.15) is 5.10 Å². The molecule has 126 valence electrons. The molecule has 3 rings (SSSR count). The highest BCUT2D eigenvalue weighted by molar-refractivity contribution is 5.76. The minimum absolute atomic E-state index is 0.0129. The third kappa shape index (κ3) is 3.21. The van der Waals surface area contributed by atoms with E-state index in [-0.39, 0.29) is 23.7 Å². The summed E-state index contributed by atoms with van der Waals surface area (Å²) in [5, 5.41) is 14.6. The lowest BCUT2D eigenvalue weighted by molar-refractivity contribution is -0.385. The Balaban J connectivity index is 1.66. The topological polar surface area (TPSA) is 84.5 Å². The minimum atomic E-state index is -0.499. The summed E-state index contributed by atoms with van der Waals surface area (Å²) in [7, 11) is 2.16.